The summed E-state index contributed by atoms with van der Waals surface area (Å²) in [5.74, 6) is -1.30. The lowest BCUT2D eigenvalue weighted by molar-refractivity contribution is 0.102. The maximum absolute atomic E-state index is 13.1. The van der Waals surface area contributed by atoms with Crippen LogP contribution < -0.4 is 10.6 Å². The van der Waals surface area contributed by atoms with E-state index in [9.17, 15) is 37.9 Å². The number of carbonyl (C=O) groups is 1. The van der Waals surface area contributed by atoms with Crippen LogP contribution in [0.3, 0.4) is 0 Å². The van der Waals surface area contributed by atoms with E-state index in [-0.39, 0.29) is 28.4 Å². The molecule has 0 saturated carbocycles. The molecule has 4 rings (SSSR count). The number of aromatic nitrogens is 4. The normalized spacial score (nSPS) is 12.2. The van der Waals surface area contributed by atoms with Crippen LogP contribution in [0.15, 0.2) is 54.9 Å². The number of amides is 1. The lowest BCUT2D eigenvalue weighted by Gasteiger charge is -2.21. The Kier molecular flexibility index (Phi) is 6.76. The smallest absolute Gasteiger partial charge is 0.344 e. The largest absolute Gasteiger partial charge is 0.360 e. The number of fused-ring (bicyclic) bond motifs is 1. The third kappa shape index (κ3) is 5.49. The monoisotopic (exact) mass is 536 g/mol. The molecule has 0 aliphatic carbocycles. The van der Waals surface area contributed by atoms with E-state index in [1.807, 2.05) is 0 Å². The van der Waals surface area contributed by atoms with E-state index in [1.165, 1.54) is 47.3 Å². The first-order chi connectivity index (χ1) is 16.8. The van der Waals surface area contributed by atoms with E-state index in [4.69, 9.17) is 0 Å². The topological polar surface area (TPSA) is 200 Å². The number of imidazole rings is 1. The quantitative estimate of drug-likeness (QED) is 0.190. The summed E-state index contributed by atoms with van der Waals surface area (Å²) in [4.78, 5) is 63.3. The third-order valence-corrected chi connectivity index (χ3v) is 8.29. The van der Waals surface area contributed by atoms with E-state index in [0.717, 1.165) is 0 Å². The van der Waals surface area contributed by atoms with Crippen molar-refractivity contribution in [3.05, 3.63) is 66.2 Å². The molecule has 6 N–H and O–H groups in total. The van der Waals surface area contributed by atoms with Crippen LogP contribution in [0.25, 0.3) is 22.6 Å². The Morgan fingerprint density at radius 3 is 2.33 bits per heavy atom. The van der Waals surface area contributed by atoms with Crippen LogP contribution in [-0.4, -0.2) is 50.5 Å². The molecule has 188 valence electrons. The standard InChI is InChI=1S/C20H19FN6O7P2/c1-27-10-22-15-17(26-20(35(29,30)31)36(32,33)34)24-16(25-18(15)27)11-3-2-4-12(9-11)19(28)23-14-7-5-13(21)6-8-14/h2-10,20H,1H3,(H,23,28)(H,24,25,26)(H2,29,30,31)(H2,32,33,34). The Morgan fingerprint density at radius 2 is 1.69 bits per heavy atom. The van der Waals surface area contributed by atoms with Crippen LogP contribution in [0, 0.1) is 5.82 Å². The second-order valence-corrected chi connectivity index (χ2v) is 11.5. The summed E-state index contributed by atoms with van der Waals surface area (Å²) in [7, 11) is -9.06. The number of nitrogens with zero attached hydrogens (tertiary/aromatic N) is 4. The number of nitrogens with one attached hydrogen (secondary N) is 2. The van der Waals surface area contributed by atoms with Gasteiger partial charge in [-0.2, -0.15) is 0 Å². The van der Waals surface area contributed by atoms with Gasteiger partial charge in [0.1, 0.15) is 11.3 Å². The molecule has 0 saturated heterocycles. The second-order valence-electron chi connectivity index (χ2n) is 7.66. The molecular formula is C20H19FN6O7P2. The molecule has 1 amide bonds. The zero-order chi connectivity index (χ0) is 26.3. The van der Waals surface area contributed by atoms with Gasteiger partial charge in [0.05, 0.1) is 6.33 Å². The minimum absolute atomic E-state index is 0.0124. The first-order valence-electron chi connectivity index (χ1n) is 10.1. The molecule has 0 atom stereocenters. The Hall–Kier alpha value is -3.51. The number of hydrogen-bond donors (Lipinski definition) is 6. The molecular weight excluding hydrogens is 517 g/mol. The van der Waals surface area contributed by atoms with Gasteiger partial charge in [0.2, 0.25) is 5.52 Å². The van der Waals surface area contributed by atoms with Crippen LogP contribution >= 0.6 is 15.2 Å². The summed E-state index contributed by atoms with van der Waals surface area (Å²) >= 11 is 0. The Bertz CT molecular complexity index is 1530. The van der Waals surface area contributed by atoms with Crippen molar-refractivity contribution in [2.75, 3.05) is 10.6 Å². The van der Waals surface area contributed by atoms with Crippen molar-refractivity contribution in [3.63, 3.8) is 0 Å². The van der Waals surface area contributed by atoms with Crippen molar-refractivity contribution in [2.45, 2.75) is 5.52 Å². The number of aryl methyl sites for hydroxylation is 1. The van der Waals surface area contributed by atoms with Crippen molar-refractivity contribution < 1.29 is 37.9 Å². The molecule has 0 unspecified atom stereocenters. The summed E-state index contributed by atoms with van der Waals surface area (Å²) in [6.07, 6.45) is 1.34. The first kappa shape index (κ1) is 25.6. The minimum Gasteiger partial charge on any atom is -0.344 e. The van der Waals surface area contributed by atoms with Gasteiger partial charge in [0.15, 0.2) is 17.3 Å². The molecule has 4 aromatic rings. The van der Waals surface area contributed by atoms with Crippen LogP contribution in [0.1, 0.15) is 10.4 Å². The number of halogens is 1. The van der Waals surface area contributed by atoms with Gasteiger partial charge in [-0.05, 0) is 36.4 Å². The second kappa shape index (κ2) is 9.51. The number of hydrogen-bond acceptors (Lipinski definition) is 7. The molecule has 0 spiro atoms. The zero-order valence-electron chi connectivity index (χ0n) is 18.3. The highest BCUT2D eigenvalue weighted by atomic mass is 31.2. The lowest BCUT2D eigenvalue weighted by Crippen LogP contribution is -2.21. The third-order valence-electron chi connectivity index (χ3n) is 4.95. The molecule has 2 aromatic carbocycles. The molecule has 0 aliphatic heterocycles. The van der Waals surface area contributed by atoms with Crippen molar-refractivity contribution in [1.82, 2.24) is 19.5 Å². The van der Waals surface area contributed by atoms with Gasteiger partial charge in [0.25, 0.3) is 5.91 Å². The molecule has 0 fully saturated rings. The predicted octanol–water partition coefficient (Wildman–Crippen LogP) is 2.47. The number of rotatable bonds is 7. The van der Waals surface area contributed by atoms with Crippen molar-refractivity contribution in [3.8, 4) is 11.4 Å². The van der Waals surface area contributed by atoms with E-state index in [2.05, 4.69) is 25.6 Å². The maximum atomic E-state index is 13.1. The highest BCUT2D eigenvalue weighted by molar-refractivity contribution is 7.71. The highest BCUT2D eigenvalue weighted by Crippen LogP contribution is 2.59. The van der Waals surface area contributed by atoms with Crippen molar-refractivity contribution in [1.29, 1.82) is 0 Å². The van der Waals surface area contributed by atoms with Gasteiger partial charge in [0, 0.05) is 23.9 Å². The molecule has 13 nitrogen and oxygen atoms in total. The number of benzene rings is 2. The van der Waals surface area contributed by atoms with E-state index in [0.29, 0.717) is 11.3 Å². The van der Waals surface area contributed by atoms with Crippen molar-refractivity contribution >= 4 is 43.8 Å². The summed E-state index contributed by atoms with van der Waals surface area (Å²) in [5.41, 5.74) is -1.48. The molecule has 36 heavy (non-hydrogen) atoms. The number of carbonyl (C=O) groups excluding carboxylic acids is 1. The molecule has 0 bridgehead atoms. The van der Waals surface area contributed by atoms with Crippen LogP contribution in [0.4, 0.5) is 15.9 Å². The Labute approximate surface area is 202 Å². The Morgan fingerprint density at radius 1 is 1.03 bits per heavy atom. The molecule has 2 aromatic heterocycles. The van der Waals surface area contributed by atoms with Gasteiger partial charge in [-0.25, -0.2) is 19.3 Å². The van der Waals surface area contributed by atoms with E-state index < -0.39 is 32.4 Å². The zero-order valence-corrected chi connectivity index (χ0v) is 20.1. The molecule has 0 radical (unpaired) electrons. The average Bonchev–Trinajstić information content (AvgIpc) is 3.18. The molecule has 2 heterocycles. The summed E-state index contributed by atoms with van der Waals surface area (Å²) in [6, 6.07) is 11.3. The van der Waals surface area contributed by atoms with Gasteiger partial charge < -0.3 is 34.8 Å². The fourth-order valence-corrected chi connectivity index (χ4v) is 5.41. The Balaban J connectivity index is 1.74. The van der Waals surface area contributed by atoms with E-state index >= 15 is 0 Å². The van der Waals surface area contributed by atoms with Crippen LogP contribution in [0.5, 0.6) is 0 Å². The fraction of sp³-hybridized carbons (Fsp3) is 0.100. The van der Waals surface area contributed by atoms with Gasteiger partial charge in [-0.3, -0.25) is 13.9 Å². The number of anilines is 2. The maximum Gasteiger partial charge on any atom is 0.360 e. The SMILES string of the molecule is Cn1cnc2c(NC(P(=O)(O)O)P(=O)(O)O)nc(-c3cccc(C(=O)Nc4ccc(F)cc4)c3)nc21. The summed E-state index contributed by atoms with van der Waals surface area (Å²) in [6.45, 7) is 0. The lowest BCUT2D eigenvalue weighted by atomic mass is 10.1. The summed E-state index contributed by atoms with van der Waals surface area (Å²) < 4.78 is 38.1. The van der Waals surface area contributed by atoms with Gasteiger partial charge in [-0.1, -0.05) is 12.1 Å². The van der Waals surface area contributed by atoms with Crippen LogP contribution in [-0.2, 0) is 16.2 Å². The van der Waals surface area contributed by atoms with Gasteiger partial charge in [-0.15, -0.1) is 0 Å². The van der Waals surface area contributed by atoms with Crippen molar-refractivity contribution in [2.24, 2.45) is 7.05 Å². The highest BCUT2D eigenvalue weighted by Gasteiger charge is 2.44. The minimum atomic E-state index is -5.32. The fourth-order valence-electron chi connectivity index (χ4n) is 3.26. The summed E-state index contributed by atoms with van der Waals surface area (Å²) in [5, 5.41) is 4.76. The molecule has 0 aliphatic rings. The van der Waals surface area contributed by atoms with Crippen LogP contribution in [0.2, 0.25) is 0 Å². The first-order valence-corrected chi connectivity index (χ1v) is 13.4. The molecule has 16 heteroatoms. The average molecular weight is 536 g/mol. The predicted molar refractivity (Wildman–Crippen MR) is 128 cm³/mol. The van der Waals surface area contributed by atoms with Gasteiger partial charge >= 0.3 is 15.2 Å². The van der Waals surface area contributed by atoms with E-state index in [1.54, 1.807) is 19.2 Å².